The Morgan fingerprint density at radius 3 is 2.07 bits per heavy atom. The van der Waals surface area contributed by atoms with Gasteiger partial charge < -0.3 is 14.4 Å². The van der Waals surface area contributed by atoms with Gasteiger partial charge in [-0.15, -0.1) is 0 Å². The number of para-hydroxylation sites is 2. The van der Waals surface area contributed by atoms with Gasteiger partial charge in [0.25, 0.3) is 0 Å². The molecule has 0 amide bonds. The van der Waals surface area contributed by atoms with Crippen LogP contribution >= 0.6 is 0 Å². The molecular formula is C39H51N2O4+. The maximum absolute atomic E-state index is 12.9. The van der Waals surface area contributed by atoms with Gasteiger partial charge in [-0.2, -0.15) is 4.58 Å². The molecule has 2 aromatic carbocycles. The van der Waals surface area contributed by atoms with Crippen LogP contribution in [0.5, 0.6) is 0 Å². The molecular weight excluding hydrogens is 560 g/mol. The molecule has 2 aliphatic rings. The van der Waals surface area contributed by atoms with E-state index in [4.69, 9.17) is 9.47 Å². The van der Waals surface area contributed by atoms with Crippen molar-refractivity contribution in [1.82, 2.24) is 0 Å². The molecule has 6 nitrogen and oxygen atoms in total. The number of hydrogen-bond acceptors (Lipinski definition) is 5. The van der Waals surface area contributed by atoms with Crippen molar-refractivity contribution in [2.24, 2.45) is 11.8 Å². The lowest BCUT2D eigenvalue weighted by Crippen LogP contribution is -2.32. The molecule has 240 valence electrons. The summed E-state index contributed by atoms with van der Waals surface area (Å²) < 4.78 is 13.3. The number of rotatable bonds is 13. The molecule has 2 atom stereocenters. The fourth-order valence-corrected chi connectivity index (χ4v) is 6.04. The number of anilines is 1. The van der Waals surface area contributed by atoms with Gasteiger partial charge in [-0.05, 0) is 43.4 Å². The fraction of sp³-hybridized carbons (Fsp3) is 0.462. The van der Waals surface area contributed by atoms with Crippen LogP contribution in [0.15, 0.2) is 84.6 Å². The van der Waals surface area contributed by atoms with E-state index >= 15 is 0 Å². The first-order valence-electron chi connectivity index (χ1n) is 16.4. The highest BCUT2D eigenvalue weighted by molar-refractivity contribution is 6.03. The molecule has 0 N–H and O–H groups in total. The number of carbonyl (C=O) groups is 2. The van der Waals surface area contributed by atoms with E-state index < -0.39 is 0 Å². The minimum Gasteiger partial charge on any atom is -0.464 e. The molecule has 2 aromatic rings. The van der Waals surface area contributed by atoms with Crippen LogP contribution in [0.25, 0.3) is 0 Å². The zero-order valence-corrected chi connectivity index (χ0v) is 28.4. The van der Waals surface area contributed by atoms with Crippen molar-refractivity contribution in [1.29, 1.82) is 0 Å². The molecule has 0 radical (unpaired) electrons. The smallest absolute Gasteiger partial charge is 0.372 e. The van der Waals surface area contributed by atoms with Crippen LogP contribution in [0.1, 0.15) is 79.4 Å². The average Bonchev–Trinajstić information content (AvgIpc) is 3.37. The van der Waals surface area contributed by atoms with Crippen LogP contribution in [-0.4, -0.2) is 48.5 Å². The van der Waals surface area contributed by atoms with Gasteiger partial charge in [-0.25, -0.2) is 4.79 Å². The maximum atomic E-state index is 12.9. The molecule has 2 heterocycles. The average molecular weight is 612 g/mol. The van der Waals surface area contributed by atoms with Crippen LogP contribution in [0.3, 0.4) is 0 Å². The van der Waals surface area contributed by atoms with Gasteiger partial charge >= 0.3 is 11.9 Å². The van der Waals surface area contributed by atoms with E-state index in [1.807, 2.05) is 42.5 Å². The monoisotopic (exact) mass is 611 g/mol. The van der Waals surface area contributed by atoms with Crippen LogP contribution in [0.2, 0.25) is 0 Å². The first kappa shape index (κ1) is 34.0. The molecule has 2 aliphatic heterocycles. The summed E-state index contributed by atoms with van der Waals surface area (Å²) in [6, 6.07) is 16.5. The standard InChI is InChI=1S/C39H51N2O4/c1-9-28(3)26-44-36(42)24-40-32-20-16-14-18-30(32)38(5,6)34(40)22-12-11-13-23-35-39(7,8)31-19-15-17-21-33(31)41(35)25-37(43)45-27-29(4)10-2/h11-23,28-29H,9-10,24-27H2,1-8H3/q+1. The quantitative estimate of drug-likeness (QED) is 0.130. The summed E-state index contributed by atoms with van der Waals surface area (Å²) >= 11 is 0. The van der Waals surface area contributed by atoms with Gasteiger partial charge in [0.05, 0.1) is 18.6 Å². The van der Waals surface area contributed by atoms with E-state index in [0.717, 1.165) is 35.6 Å². The first-order valence-corrected chi connectivity index (χ1v) is 16.4. The maximum Gasteiger partial charge on any atom is 0.372 e. The summed E-state index contributed by atoms with van der Waals surface area (Å²) in [7, 11) is 0. The molecule has 2 unspecified atom stereocenters. The predicted molar refractivity (Wildman–Crippen MR) is 183 cm³/mol. The van der Waals surface area contributed by atoms with Crippen molar-refractivity contribution >= 4 is 29.0 Å². The van der Waals surface area contributed by atoms with Crippen LogP contribution in [0, 0.1) is 11.8 Å². The number of carbonyl (C=O) groups excluding carboxylic acids is 2. The predicted octanol–water partition coefficient (Wildman–Crippen LogP) is 8.04. The second-order valence-corrected chi connectivity index (χ2v) is 13.5. The zero-order valence-electron chi connectivity index (χ0n) is 28.4. The molecule has 45 heavy (non-hydrogen) atoms. The molecule has 4 rings (SSSR count). The number of hydrogen-bond donors (Lipinski definition) is 0. The lowest BCUT2D eigenvalue weighted by atomic mass is 9.81. The highest BCUT2D eigenvalue weighted by Gasteiger charge is 2.45. The molecule has 0 aliphatic carbocycles. The summed E-state index contributed by atoms with van der Waals surface area (Å²) in [6.45, 7) is 18.4. The van der Waals surface area contributed by atoms with Gasteiger partial charge in [-0.3, -0.25) is 4.79 Å². The lowest BCUT2D eigenvalue weighted by Gasteiger charge is -2.26. The summed E-state index contributed by atoms with van der Waals surface area (Å²) in [5, 5.41) is 0. The highest BCUT2D eigenvalue weighted by atomic mass is 16.5. The SMILES string of the molecule is CCC(C)COC(=O)CN1/C(=C/C=C/C=C/C2=[N+](CC(=O)OCC(C)CC)c3ccccc3C2(C)C)C(C)(C)c2ccccc21. The third-order valence-corrected chi connectivity index (χ3v) is 9.36. The molecule has 0 saturated carbocycles. The largest absolute Gasteiger partial charge is 0.464 e. The van der Waals surface area contributed by atoms with Gasteiger partial charge in [-0.1, -0.05) is 109 Å². The van der Waals surface area contributed by atoms with Crippen LogP contribution in [-0.2, 0) is 29.9 Å². The Hall–Kier alpha value is -3.93. The Balaban J connectivity index is 1.59. The topological polar surface area (TPSA) is 58.8 Å². The van der Waals surface area contributed by atoms with E-state index in [2.05, 4.69) is 101 Å². The van der Waals surface area contributed by atoms with E-state index in [1.54, 1.807) is 0 Å². The van der Waals surface area contributed by atoms with Crippen molar-refractivity contribution in [3.05, 3.63) is 95.7 Å². The molecule has 0 saturated heterocycles. The molecule has 0 bridgehead atoms. The Morgan fingerprint density at radius 1 is 0.800 bits per heavy atom. The molecule has 0 fully saturated rings. The number of fused-ring (bicyclic) bond motifs is 2. The zero-order chi connectivity index (χ0) is 32.8. The molecule has 6 heteroatoms. The number of ether oxygens (including phenoxy) is 2. The van der Waals surface area contributed by atoms with E-state index in [0.29, 0.717) is 25.0 Å². The van der Waals surface area contributed by atoms with Crippen molar-refractivity contribution in [3.8, 4) is 0 Å². The summed E-state index contributed by atoms with van der Waals surface area (Å²) in [6.07, 6.45) is 12.2. The highest BCUT2D eigenvalue weighted by Crippen LogP contribution is 2.47. The number of allylic oxidation sites excluding steroid dienone is 6. The lowest BCUT2D eigenvalue weighted by molar-refractivity contribution is -0.428. The van der Waals surface area contributed by atoms with Crippen LogP contribution in [0.4, 0.5) is 11.4 Å². The van der Waals surface area contributed by atoms with Crippen molar-refractivity contribution in [2.75, 3.05) is 31.2 Å². The molecule has 0 aromatic heterocycles. The Morgan fingerprint density at radius 2 is 1.40 bits per heavy atom. The van der Waals surface area contributed by atoms with Gasteiger partial charge in [0.1, 0.15) is 6.54 Å². The Labute approximate surface area is 270 Å². The number of nitrogens with zero attached hydrogens (tertiary/aromatic N) is 2. The second kappa shape index (κ2) is 14.4. The van der Waals surface area contributed by atoms with Crippen LogP contribution < -0.4 is 4.90 Å². The second-order valence-electron chi connectivity index (χ2n) is 13.5. The number of esters is 2. The van der Waals surface area contributed by atoms with Crippen molar-refractivity contribution in [3.63, 3.8) is 0 Å². The van der Waals surface area contributed by atoms with Crippen molar-refractivity contribution < 1.29 is 23.6 Å². The minimum absolute atomic E-state index is 0.166. The third kappa shape index (κ3) is 7.49. The summed E-state index contributed by atoms with van der Waals surface area (Å²) in [5.74, 6) is 0.227. The van der Waals surface area contributed by atoms with Gasteiger partial charge in [0.2, 0.25) is 12.2 Å². The molecule has 0 spiro atoms. The third-order valence-electron chi connectivity index (χ3n) is 9.36. The van der Waals surface area contributed by atoms with E-state index in [1.165, 1.54) is 11.1 Å². The fourth-order valence-electron chi connectivity index (χ4n) is 6.04. The van der Waals surface area contributed by atoms with Crippen molar-refractivity contribution in [2.45, 2.75) is 79.1 Å². The number of benzene rings is 2. The van der Waals surface area contributed by atoms with Gasteiger partial charge in [0.15, 0.2) is 5.71 Å². The minimum atomic E-state index is -0.280. The van der Waals surface area contributed by atoms with E-state index in [-0.39, 0.29) is 35.9 Å². The summed E-state index contributed by atoms with van der Waals surface area (Å²) in [4.78, 5) is 27.9. The van der Waals surface area contributed by atoms with Gasteiger partial charge in [0, 0.05) is 34.5 Å². The Bertz CT molecular complexity index is 1510. The summed E-state index contributed by atoms with van der Waals surface area (Å²) in [5.41, 5.74) is 5.97. The normalized spacial score (nSPS) is 18.8. The van der Waals surface area contributed by atoms with E-state index in [9.17, 15) is 9.59 Å². The first-order chi connectivity index (χ1) is 21.4. The Kier molecular flexibility index (Phi) is 10.9.